The monoisotopic (exact) mass is 2510 g/mol. The van der Waals surface area contributed by atoms with Gasteiger partial charge in [-0.05, 0) is 0 Å². The van der Waals surface area contributed by atoms with E-state index in [2.05, 4.69) is 0 Å². The fraction of sp³-hybridized carbons (Fsp3) is 1.00. The summed E-state index contributed by atoms with van der Waals surface area (Å²) in [6.07, 6.45) is 0. The average Bonchev–Trinajstić information content (AvgIpc) is 3.12. The van der Waals surface area contributed by atoms with Gasteiger partial charge in [-0.3, -0.25) is 0 Å². The molecular formula is C40H100O30Ta8. The molecule has 0 spiro atoms. The molecule has 30 nitrogen and oxygen atoms in total. The summed E-state index contributed by atoms with van der Waals surface area (Å²) in [6.45, 7) is 31.4. The summed E-state index contributed by atoms with van der Waals surface area (Å²) in [7, 11) is 0. The first kappa shape index (κ1) is 276. The van der Waals surface area contributed by atoms with E-state index in [1.165, 1.54) is 0 Å². The van der Waals surface area contributed by atoms with Gasteiger partial charge in [0.2, 0.25) is 0 Å². The Morgan fingerprint density at radius 2 is 0.103 bits per heavy atom. The molecule has 0 aliphatic rings. The van der Waals surface area contributed by atoms with Gasteiger partial charge in [-0.15, -0.1) is 132 Å². The number of hydrogen-bond acceptors (Lipinski definition) is 20. The number of hydrogen-bond donors (Lipinski definition) is 0. The van der Waals surface area contributed by atoms with E-state index >= 15 is 0 Å². The summed E-state index contributed by atoms with van der Waals surface area (Å²) in [4.78, 5) is 0. The van der Waals surface area contributed by atoms with Gasteiger partial charge in [0.15, 0.2) is 0 Å². The number of rotatable bonds is 0. The van der Waals surface area contributed by atoms with Gasteiger partial charge in [0.1, 0.15) is 0 Å². The molecule has 0 radical (unpaired) electrons. The third-order valence-corrected chi connectivity index (χ3v) is 0. The Labute approximate surface area is 600 Å². The van der Waals surface area contributed by atoms with Crippen LogP contribution in [0, 0.1) is 0 Å². The van der Waals surface area contributed by atoms with Crippen molar-refractivity contribution in [2.45, 2.75) is 138 Å². The molecule has 0 unspecified atom stereocenters. The van der Waals surface area contributed by atoms with Crippen molar-refractivity contribution in [2.24, 2.45) is 0 Å². The van der Waals surface area contributed by atoms with E-state index in [1.54, 1.807) is 138 Å². The van der Waals surface area contributed by atoms with E-state index < -0.39 is 0 Å². The van der Waals surface area contributed by atoms with Crippen molar-refractivity contribution in [2.75, 3.05) is 132 Å². The molecule has 0 rings (SSSR count). The van der Waals surface area contributed by atoms with Crippen LogP contribution in [-0.2, 0) is 234 Å². The molecule has 0 saturated heterocycles. The predicted octanol–water partition coefficient (Wildman–Crippen LogP) is -13.9. The van der Waals surface area contributed by atoms with E-state index in [9.17, 15) is 0 Å². The van der Waals surface area contributed by atoms with Crippen LogP contribution in [0.1, 0.15) is 138 Å². The minimum atomic E-state index is 0. The molecule has 0 aromatic heterocycles. The van der Waals surface area contributed by atoms with Crippen LogP contribution >= 0.6 is 0 Å². The Morgan fingerprint density at radius 3 is 0.103 bits per heavy atom. The molecule has 0 saturated carbocycles. The topological polar surface area (TPSA) is 746 Å². The van der Waals surface area contributed by atoms with Crippen molar-refractivity contribution in [3.63, 3.8) is 0 Å². The van der Waals surface area contributed by atoms with E-state index in [1.807, 2.05) is 0 Å². The Morgan fingerprint density at radius 1 is 0.103 bits per heavy atom. The predicted molar refractivity (Wildman–Crippen MR) is 218 cm³/mol. The fourth-order valence-corrected chi connectivity index (χ4v) is 0. The summed E-state index contributed by atoms with van der Waals surface area (Å²) in [5.41, 5.74) is 0. The van der Waals surface area contributed by atoms with E-state index in [0.29, 0.717) is 0 Å². The van der Waals surface area contributed by atoms with Crippen molar-refractivity contribution >= 4 is 0 Å². The van der Waals surface area contributed by atoms with Crippen molar-refractivity contribution < 1.29 is 336 Å². The molecule has 0 fully saturated rings. The van der Waals surface area contributed by atoms with Crippen LogP contribution < -0.4 is 102 Å². The zero-order valence-corrected chi connectivity index (χ0v) is 75.7. The van der Waals surface area contributed by atoms with Gasteiger partial charge in [-0.1, -0.05) is 138 Å². The molecular weight excluding hydrogens is 2410 g/mol. The van der Waals surface area contributed by atoms with E-state index in [4.69, 9.17) is 102 Å². The average molecular weight is 2510 g/mol. The summed E-state index contributed by atoms with van der Waals surface area (Å²) < 4.78 is 0. The third kappa shape index (κ3) is 23000. The van der Waals surface area contributed by atoms with Gasteiger partial charge < -0.3 is 157 Å². The molecule has 480 valence electrons. The molecule has 0 aliphatic carbocycles. The Balaban J connectivity index is -0.00000000593. The molecule has 78 heavy (non-hydrogen) atoms. The maximum atomic E-state index is 8.93. The molecule has 0 bridgehead atoms. The van der Waals surface area contributed by atoms with Gasteiger partial charge >= 0.3 is 179 Å². The molecule has 0 heterocycles. The van der Waals surface area contributed by atoms with Gasteiger partial charge in [0, 0.05) is 0 Å². The van der Waals surface area contributed by atoms with Crippen LogP contribution in [0.25, 0.3) is 0 Å². The first-order chi connectivity index (χ1) is 28.3. The van der Waals surface area contributed by atoms with Crippen LogP contribution in [-0.4, -0.2) is 132 Å². The van der Waals surface area contributed by atoms with Gasteiger partial charge in [0.25, 0.3) is 0 Å². The van der Waals surface area contributed by atoms with Gasteiger partial charge in [0.05, 0.1) is 0 Å². The Bertz CT molecular complexity index is 193. The van der Waals surface area contributed by atoms with E-state index in [0.717, 1.165) is 0 Å². The molecule has 0 amide bonds. The summed E-state index contributed by atoms with van der Waals surface area (Å²) >= 11 is 0. The largest absolute Gasteiger partial charge is 5.00 e. The van der Waals surface area contributed by atoms with Crippen LogP contribution in [0.15, 0.2) is 0 Å². The fourth-order valence-electron chi connectivity index (χ4n) is 0. The second-order valence-electron chi connectivity index (χ2n) is 5.77. The van der Waals surface area contributed by atoms with Crippen molar-refractivity contribution in [3.8, 4) is 0 Å². The smallest absolute Gasteiger partial charge is 2.00 e. The molecule has 0 aromatic carbocycles. The molecule has 0 aromatic rings. The first-order valence-corrected chi connectivity index (χ1v) is 19.9. The van der Waals surface area contributed by atoms with E-state index in [-0.39, 0.29) is 366 Å². The minimum absolute atomic E-state index is 0. The SMILES string of the molecule is CC[O-].CC[O-].CC[O-].CC[O-].CC[O-].CC[O-].CC[O-].CC[O-].CC[O-].CC[O-].CC[O-].CC[O-].CC[O-].CC[O-].CC[O-].CC[O-].CC[O-].CC[O-].CC[O-].CC[O-].[O-2].[O-2].[O-2].[O-2].[O-2].[O-2].[O-2].[O-2].[O-2].[O-2].[Ta+5].[Ta+5].[Ta+5].[Ta+5].[Ta+5].[Ta+5].[Ta+5].[Ta+5]. The molecule has 38 heteroatoms. The van der Waals surface area contributed by atoms with Crippen LogP contribution in [0.4, 0.5) is 0 Å². The van der Waals surface area contributed by atoms with Gasteiger partial charge in [-0.2, -0.15) is 0 Å². The maximum absolute atomic E-state index is 8.93. The molecule has 0 aliphatic heterocycles. The van der Waals surface area contributed by atoms with Crippen molar-refractivity contribution in [1.29, 1.82) is 0 Å². The van der Waals surface area contributed by atoms with Crippen molar-refractivity contribution in [1.82, 2.24) is 0 Å². The normalized spacial score (nSPS) is 4.62. The minimum Gasteiger partial charge on any atom is -2.00 e. The zero-order valence-electron chi connectivity index (χ0n) is 50.0. The molecule has 0 N–H and O–H groups in total. The molecule has 0 atom stereocenters. The van der Waals surface area contributed by atoms with Crippen LogP contribution in [0.5, 0.6) is 0 Å². The second kappa shape index (κ2) is 871. The summed E-state index contributed by atoms with van der Waals surface area (Å²) in [5, 5.41) is 179. The summed E-state index contributed by atoms with van der Waals surface area (Å²) in [5.74, 6) is 0. The third-order valence-electron chi connectivity index (χ3n) is 0. The zero-order chi connectivity index (χ0) is 54.1. The van der Waals surface area contributed by atoms with Crippen LogP contribution in [0.2, 0.25) is 0 Å². The standard InChI is InChI=1S/20C2H5O.10O.8Ta/c20*1-2-3;;;;;;;;;;;;;;;;;;/h20*2H2,1H3;;;;;;;;;;;;;;;;;;/q20*-1;10*-2;8*+5. The maximum Gasteiger partial charge on any atom is 5.00 e. The Hall–Kier alpha value is 4.72. The van der Waals surface area contributed by atoms with Crippen molar-refractivity contribution in [3.05, 3.63) is 0 Å². The first-order valence-electron chi connectivity index (χ1n) is 19.9. The van der Waals surface area contributed by atoms with Crippen LogP contribution in [0.3, 0.4) is 0 Å². The second-order valence-corrected chi connectivity index (χ2v) is 5.77. The Kier molecular flexibility index (Phi) is 3090. The van der Waals surface area contributed by atoms with Gasteiger partial charge in [-0.25, -0.2) is 0 Å². The quantitative estimate of drug-likeness (QED) is 0.217. The summed E-state index contributed by atoms with van der Waals surface area (Å²) in [6, 6.07) is 0.